The number of anilines is 1. The second-order valence-electron chi connectivity index (χ2n) is 5.86. The van der Waals surface area contributed by atoms with Crippen LogP contribution in [-0.2, 0) is 11.3 Å². The van der Waals surface area contributed by atoms with Crippen LogP contribution in [0.4, 0.5) is 15.3 Å². The summed E-state index contributed by atoms with van der Waals surface area (Å²) < 4.78 is 4.89. The molecule has 2 rings (SSSR count). The summed E-state index contributed by atoms with van der Waals surface area (Å²) in [5.41, 5.74) is 1.72. The van der Waals surface area contributed by atoms with Crippen LogP contribution < -0.4 is 10.6 Å². The fourth-order valence-electron chi connectivity index (χ4n) is 2.02. The summed E-state index contributed by atoms with van der Waals surface area (Å²) in [6, 6.07) is 7.35. The molecule has 0 bridgehead atoms. The van der Waals surface area contributed by atoms with Crippen LogP contribution in [0.25, 0.3) is 0 Å². The van der Waals surface area contributed by atoms with Gasteiger partial charge in [0.15, 0.2) is 0 Å². The Morgan fingerprint density at radius 3 is 2.50 bits per heavy atom. The highest BCUT2D eigenvalue weighted by molar-refractivity contribution is 5.89. The molecule has 120 valence electrons. The van der Waals surface area contributed by atoms with Crippen molar-refractivity contribution in [3.05, 3.63) is 29.8 Å². The van der Waals surface area contributed by atoms with Crippen LogP contribution in [-0.4, -0.2) is 36.2 Å². The zero-order chi connectivity index (χ0) is 16.1. The van der Waals surface area contributed by atoms with E-state index in [0.717, 1.165) is 11.3 Å². The first-order valence-electron chi connectivity index (χ1n) is 7.54. The minimum Gasteiger partial charge on any atom is -0.448 e. The van der Waals surface area contributed by atoms with Gasteiger partial charge < -0.3 is 20.3 Å². The molecule has 2 N–H and O–H groups in total. The Morgan fingerprint density at radius 2 is 1.95 bits per heavy atom. The van der Waals surface area contributed by atoms with Crippen molar-refractivity contribution in [2.45, 2.75) is 33.4 Å². The minimum absolute atomic E-state index is 0.112. The maximum atomic E-state index is 11.8. The number of ether oxygens (including phenoxy) is 1. The van der Waals surface area contributed by atoms with Gasteiger partial charge in [-0.05, 0) is 30.5 Å². The largest absolute Gasteiger partial charge is 0.448 e. The molecule has 6 heteroatoms. The second kappa shape index (κ2) is 7.15. The van der Waals surface area contributed by atoms with Crippen molar-refractivity contribution in [1.82, 2.24) is 10.2 Å². The second-order valence-corrected chi connectivity index (χ2v) is 5.86. The molecule has 1 aromatic carbocycles. The molecule has 1 aliphatic heterocycles. The Bertz CT molecular complexity index is 528. The Balaban J connectivity index is 1.86. The van der Waals surface area contributed by atoms with Gasteiger partial charge in [0.05, 0.1) is 6.54 Å². The third kappa shape index (κ3) is 4.38. The summed E-state index contributed by atoms with van der Waals surface area (Å²) in [7, 11) is 0. The molecule has 0 aliphatic carbocycles. The van der Waals surface area contributed by atoms with E-state index in [9.17, 15) is 9.59 Å². The maximum Gasteiger partial charge on any atom is 0.410 e. The molecule has 1 atom stereocenters. The third-order valence-electron chi connectivity index (χ3n) is 3.79. The molecule has 0 saturated carbocycles. The van der Waals surface area contributed by atoms with Gasteiger partial charge in [-0.2, -0.15) is 0 Å². The van der Waals surface area contributed by atoms with Crippen LogP contribution in [0.1, 0.15) is 26.3 Å². The van der Waals surface area contributed by atoms with Gasteiger partial charge in [0.1, 0.15) is 6.61 Å². The normalized spacial score (nSPS) is 15.6. The van der Waals surface area contributed by atoms with Gasteiger partial charge in [-0.3, -0.25) is 0 Å². The highest BCUT2D eigenvalue weighted by Gasteiger charge is 2.21. The molecule has 0 unspecified atom stereocenters. The number of benzene rings is 1. The molecular formula is C16H23N3O3. The van der Waals surface area contributed by atoms with Crippen molar-refractivity contribution < 1.29 is 14.3 Å². The maximum absolute atomic E-state index is 11.8. The first-order chi connectivity index (χ1) is 10.5. The molecule has 0 spiro atoms. The van der Waals surface area contributed by atoms with E-state index < -0.39 is 0 Å². The lowest BCUT2D eigenvalue weighted by atomic mass is 10.1. The summed E-state index contributed by atoms with van der Waals surface area (Å²) in [5.74, 6) is 0.383. The quantitative estimate of drug-likeness (QED) is 0.878. The van der Waals surface area contributed by atoms with Crippen LogP contribution in [0.3, 0.4) is 0 Å². The smallest absolute Gasteiger partial charge is 0.410 e. The fraction of sp³-hybridized carbons (Fsp3) is 0.500. The van der Waals surface area contributed by atoms with Crippen molar-refractivity contribution >= 4 is 17.8 Å². The first kappa shape index (κ1) is 16.1. The number of rotatable bonds is 5. The van der Waals surface area contributed by atoms with E-state index >= 15 is 0 Å². The number of cyclic esters (lactones) is 1. The molecule has 6 nitrogen and oxygen atoms in total. The van der Waals surface area contributed by atoms with Crippen LogP contribution in [0, 0.1) is 5.92 Å². The highest BCUT2D eigenvalue weighted by Crippen LogP contribution is 2.14. The zero-order valence-electron chi connectivity index (χ0n) is 13.3. The van der Waals surface area contributed by atoms with E-state index in [1.54, 1.807) is 4.90 Å². The number of hydrogen-bond acceptors (Lipinski definition) is 3. The van der Waals surface area contributed by atoms with E-state index in [2.05, 4.69) is 24.5 Å². The Labute approximate surface area is 130 Å². The third-order valence-corrected chi connectivity index (χ3v) is 3.79. The average molecular weight is 305 g/mol. The summed E-state index contributed by atoms with van der Waals surface area (Å²) in [6.07, 6.45) is -0.274. The van der Waals surface area contributed by atoms with Gasteiger partial charge in [-0.1, -0.05) is 26.0 Å². The van der Waals surface area contributed by atoms with E-state index in [1.807, 2.05) is 31.2 Å². The van der Waals surface area contributed by atoms with Gasteiger partial charge in [-0.15, -0.1) is 0 Å². The Hall–Kier alpha value is -2.24. The lowest BCUT2D eigenvalue weighted by Gasteiger charge is -2.18. The topological polar surface area (TPSA) is 70.7 Å². The molecular weight excluding hydrogens is 282 g/mol. The number of amides is 3. The van der Waals surface area contributed by atoms with Crippen LogP contribution in [0.5, 0.6) is 0 Å². The van der Waals surface area contributed by atoms with Crippen molar-refractivity contribution in [3.8, 4) is 0 Å². The number of carbonyl (C=O) groups excluding carboxylic acids is 2. The molecule has 0 aromatic heterocycles. The summed E-state index contributed by atoms with van der Waals surface area (Å²) >= 11 is 0. The standard InChI is InChI=1S/C16H23N3O3/c1-11(2)12(3)17-15(20)18-14-6-4-13(5-7-14)10-19-8-9-22-16(19)21/h4-7,11-12H,8-10H2,1-3H3,(H2,17,18,20)/t12-/m1/s1. The summed E-state index contributed by atoms with van der Waals surface area (Å²) in [4.78, 5) is 24.9. The number of urea groups is 1. The van der Waals surface area contributed by atoms with Crippen LogP contribution in [0.2, 0.25) is 0 Å². The van der Waals surface area contributed by atoms with Crippen LogP contribution in [0.15, 0.2) is 24.3 Å². The van der Waals surface area contributed by atoms with Crippen molar-refractivity contribution in [1.29, 1.82) is 0 Å². The monoisotopic (exact) mass is 305 g/mol. The zero-order valence-corrected chi connectivity index (χ0v) is 13.3. The lowest BCUT2D eigenvalue weighted by molar-refractivity contribution is 0.157. The van der Waals surface area contributed by atoms with Crippen LogP contribution >= 0.6 is 0 Å². The molecule has 1 aromatic rings. The minimum atomic E-state index is -0.274. The molecule has 1 aliphatic rings. The number of nitrogens with one attached hydrogen (secondary N) is 2. The SMILES string of the molecule is CC(C)[C@@H](C)NC(=O)Nc1ccc(CN2CCOC2=O)cc1. The van der Waals surface area contributed by atoms with Gasteiger partial charge in [0, 0.05) is 18.3 Å². The molecule has 3 amide bonds. The predicted octanol–water partition coefficient (Wildman–Crippen LogP) is 2.80. The van der Waals surface area contributed by atoms with Gasteiger partial charge in [0.2, 0.25) is 0 Å². The summed E-state index contributed by atoms with van der Waals surface area (Å²) in [5, 5.41) is 5.69. The van der Waals surface area contributed by atoms with Gasteiger partial charge in [0.25, 0.3) is 0 Å². The first-order valence-corrected chi connectivity index (χ1v) is 7.54. The van der Waals surface area contributed by atoms with Crippen molar-refractivity contribution in [2.75, 3.05) is 18.5 Å². The molecule has 1 fully saturated rings. The number of hydrogen-bond donors (Lipinski definition) is 2. The van der Waals surface area contributed by atoms with Crippen molar-refractivity contribution in [2.24, 2.45) is 5.92 Å². The van der Waals surface area contributed by atoms with E-state index in [0.29, 0.717) is 25.6 Å². The average Bonchev–Trinajstić information content (AvgIpc) is 2.86. The number of carbonyl (C=O) groups is 2. The Morgan fingerprint density at radius 1 is 1.27 bits per heavy atom. The molecule has 1 heterocycles. The van der Waals surface area contributed by atoms with Crippen molar-refractivity contribution in [3.63, 3.8) is 0 Å². The van der Waals surface area contributed by atoms with E-state index in [-0.39, 0.29) is 18.2 Å². The van der Waals surface area contributed by atoms with Gasteiger partial charge >= 0.3 is 12.1 Å². The predicted molar refractivity (Wildman–Crippen MR) is 84.7 cm³/mol. The fourth-order valence-corrected chi connectivity index (χ4v) is 2.02. The van der Waals surface area contributed by atoms with E-state index in [1.165, 1.54) is 0 Å². The number of nitrogens with zero attached hydrogens (tertiary/aromatic N) is 1. The lowest BCUT2D eigenvalue weighted by Crippen LogP contribution is -2.38. The Kier molecular flexibility index (Phi) is 5.25. The molecule has 1 saturated heterocycles. The summed E-state index contributed by atoms with van der Waals surface area (Å²) in [6.45, 7) is 7.69. The molecule has 22 heavy (non-hydrogen) atoms. The molecule has 0 radical (unpaired) electrons. The van der Waals surface area contributed by atoms with E-state index in [4.69, 9.17) is 4.74 Å². The highest BCUT2D eigenvalue weighted by atomic mass is 16.6. The van der Waals surface area contributed by atoms with Gasteiger partial charge in [-0.25, -0.2) is 9.59 Å².